The van der Waals surface area contributed by atoms with E-state index in [2.05, 4.69) is 4.74 Å². The van der Waals surface area contributed by atoms with Crippen molar-refractivity contribution in [1.82, 2.24) is 4.31 Å². The van der Waals surface area contributed by atoms with E-state index in [-0.39, 0.29) is 23.7 Å². The quantitative estimate of drug-likeness (QED) is 0.649. The van der Waals surface area contributed by atoms with Gasteiger partial charge in [-0.05, 0) is 25.0 Å². The van der Waals surface area contributed by atoms with Gasteiger partial charge in [0.1, 0.15) is 11.4 Å². The molecule has 0 aromatic heterocycles. The molecule has 7 heteroatoms. The zero-order valence-corrected chi connectivity index (χ0v) is 13.0. The van der Waals surface area contributed by atoms with Gasteiger partial charge in [-0.2, -0.15) is 4.31 Å². The number of ether oxygens (including phenoxy) is 1. The van der Waals surface area contributed by atoms with Gasteiger partial charge in [0.05, 0.1) is 12.8 Å². The minimum Gasteiger partial charge on any atom is -0.468 e. The summed E-state index contributed by atoms with van der Waals surface area (Å²) in [5.41, 5.74) is 7.36. The lowest BCUT2D eigenvalue weighted by atomic mass is 10.1. The van der Waals surface area contributed by atoms with Gasteiger partial charge < -0.3 is 10.5 Å². The summed E-state index contributed by atoms with van der Waals surface area (Å²) in [6.45, 7) is 4.90. The van der Waals surface area contributed by atoms with Crippen LogP contribution in [0.1, 0.15) is 18.1 Å². The third kappa shape index (κ3) is 3.10. The summed E-state index contributed by atoms with van der Waals surface area (Å²) in [4.78, 5) is 11.4. The number of methoxy groups -OCH3 is 1. The molecule has 20 heavy (non-hydrogen) atoms. The fraction of sp³-hybridized carbons (Fsp3) is 0.462. The molecule has 112 valence electrons. The molecule has 0 aliphatic heterocycles. The summed E-state index contributed by atoms with van der Waals surface area (Å²) in [5, 5.41) is 0. The normalized spacial score (nSPS) is 11.7. The summed E-state index contributed by atoms with van der Waals surface area (Å²) in [6, 6.07) is 3.46. The maximum atomic E-state index is 12.6. The average molecular weight is 300 g/mol. The van der Waals surface area contributed by atoms with Crippen molar-refractivity contribution in [3.05, 3.63) is 23.3 Å². The molecule has 0 aliphatic carbocycles. The first kappa shape index (κ1) is 16.5. The van der Waals surface area contributed by atoms with Crippen molar-refractivity contribution in [1.29, 1.82) is 0 Å². The molecule has 1 rings (SSSR count). The highest BCUT2D eigenvalue weighted by Crippen LogP contribution is 2.28. The van der Waals surface area contributed by atoms with Crippen molar-refractivity contribution in [3.8, 4) is 0 Å². The van der Waals surface area contributed by atoms with Crippen LogP contribution in [-0.2, 0) is 19.6 Å². The first-order chi connectivity index (χ1) is 9.25. The molecule has 0 fully saturated rings. The number of sulfonamides is 1. The second-order valence-electron chi connectivity index (χ2n) is 4.45. The van der Waals surface area contributed by atoms with Crippen molar-refractivity contribution in [2.45, 2.75) is 25.7 Å². The van der Waals surface area contributed by atoms with Crippen LogP contribution < -0.4 is 5.73 Å². The van der Waals surface area contributed by atoms with Crippen LogP contribution in [0, 0.1) is 13.8 Å². The highest BCUT2D eigenvalue weighted by Gasteiger charge is 2.29. The van der Waals surface area contributed by atoms with Crippen LogP contribution in [0.25, 0.3) is 0 Å². The van der Waals surface area contributed by atoms with E-state index in [4.69, 9.17) is 5.73 Å². The van der Waals surface area contributed by atoms with Crippen molar-refractivity contribution in [3.63, 3.8) is 0 Å². The van der Waals surface area contributed by atoms with Gasteiger partial charge in [0.25, 0.3) is 0 Å². The largest absolute Gasteiger partial charge is 0.468 e. The second kappa shape index (κ2) is 6.23. The minimum absolute atomic E-state index is 0.0586. The monoisotopic (exact) mass is 300 g/mol. The molecular formula is C13H20N2O4S. The van der Waals surface area contributed by atoms with E-state index in [0.717, 1.165) is 4.31 Å². The maximum Gasteiger partial charge on any atom is 0.321 e. The van der Waals surface area contributed by atoms with Crippen LogP contribution in [0.4, 0.5) is 5.69 Å². The number of aryl methyl sites for hydroxylation is 2. The van der Waals surface area contributed by atoms with Gasteiger partial charge in [-0.25, -0.2) is 8.42 Å². The van der Waals surface area contributed by atoms with Crippen molar-refractivity contribution >= 4 is 21.7 Å². The van der Waals surface area contributed by atoms with E-state index >= 15 is 0 Å². The number of rotatable bonds is 5. The Labute approximate surface area is 119 Å². The third-order valence-electron chi connectivity index (χ3n) is 3.09. The molecule has 0 amide bonds. The van der Waals surface area contributed by atoms with Gasteiger partial charge in [0, 0.05) is 6.54 Å². The highest BCUT2D eigenvalue weighted by atomic mass is 32.2. The van der Waals surface area contributed by atoms with Gasteiger partial charge in [-0.3, -0.25) is 4.79 Å². The lowest BCUT2D eigenvalue weighted by Gasteiger charge is -2.22. The SMILES string of the molecule is CCN(CC(=O)OC)S(=O)(=O)c1c(C)ccc(C)c1N. The Balaban J connectivity index is 3.35. The highest BCUT2D eigenvalue weighted by molar-refractivity contribution is 7.89. The molecule has 0 saturated heterocycles. The standard InChI is InChI=1S/C13H20N2O4S/c1-5-15(8-11(16)19-4)20(17,18)13-10(3)7-6-9(2)12(13)14/h6-7H,5,8,14H2,1-4H3. The van der Waals surface area contributed by atoms with E-state index in [9.17, 15) is 13.2 Å². The number of nitrogens with two attached hydrogens (primary N) is 1. The van der Waals surface area contributed by atoms with Crippen LogP contribution in [0.15, 0.2) is 17.0 Å². The van der Waals surface area contributed by atoms with E-state index in [1.54, 1.807) is 32.9 Å². The van der Waals surface area contributed by atoms with Gasteiger partial charge in [0.2, 0.25) is 10.0 Å². The Morgan fingerprint density at radius 3 is 2.35 bits per heavy atom. The second-order valence-corrected chi connectivity index (χ2v) is 6.32. The van der Waals surface area contributed by atoms with Gasteiger partial charge >= 0.3 is 5.97 Å². The number of carbonyl (C=O) groups excluding carboxylic acids is 1. The number of benzene rings is 1. The van der Waals surface area contributed by atoms with Gasteiger partial charge in [-0.15, -0.1) is 0 Å². The molecule has 0 spiro atoms. The zero-order valence-electron chi connectivity index (χ0n) is 12.1. The van der Waals surface area contributed by atoms with E-state index in [0.29, 0.717) is 11.1 Å². The fourth-order valence-corrected chi connectivity index (χ4v) is 3.64. The molecule has 0 bridgehead atoms. The summed E-state index contributed by atoms with van der Waals surface area (Å²) >= 11 is 0. The molecule has 6 nitrogen and oxygen atoms in total. The Bertz CT molecular complexity index is 611. The lowest BCUT2D eigenvalue weighted by molar-refractivity contribution is -0.140. The number of carbonyl (C=O) groups is 1. The first-order valence-electron chi connectivity index (χ1n) is 6.18. The van der Waals surface area contributed by atoms with E-state index in [1.807, 2.05) is 0 Å². The number of nitrogens with zero attached hydrogens (tertiary/aromatic N) is 1. The zero-order chi connectivity index (χ0) is 15.5. The van der Waals surface area contributed by atoms with E-state index < -0.39 is 16.0 Å². The van der Waals surface area contributed by atoms with E-state index in [1.165, 1.54) is 7.11 Å². The Morgan fingerprint density at radius 2 is 1.85 bits per heavy atom. The van der Waals surface area contributed by atoms with Crippen LogP contribution in [0.3, 0.4) is 0 Å². The minimum atomic E-state index is -3.83. The van der Waals surface area contributed by atoms with Crippen molar-refractivity contribution < 1.29 is 17.9 Å². The number of esters is 1. The molecule has 0 aliphatic rings. The Morgan fingerprint density at radius 1 is 1.30 bits per heavy atom. The molecular weight excluding hydrogens is 280 g/mol. The molecule has 2 N–H and O–H groups in total. The summed E-state index contributed by atoms with van der Waals surface area (Å²) in [7, 11) is -2.62. The van der Waals surface area contributed by atoms with Gasteiger partial charge in [-0.1, -0.05) is 19.1 Å². The third-order valence-corrected chi connectivity index (χ3v) is 5.22. The van der Waals surface area contributed by atoms with Crippen LogP contribution in [-0.4, -0.2) is 38.9 Å². The summed E-state index contributed by atoms with van der Waals surface area (Å²) in [5.74, 6) is -0.612. The topological polar surface area (TPSA) is 89.7 Å². The average Bonchev–Trinajstić information content (AvgIpc) is 2.39. The van der Waals surface area contributed by atoms with Crippen LogP contribution >= 0.6 is 0 Å². The number of anilines is 1. The molecule has 0 unspecified atom stereocenters. The molecule has 0 saturated carbocycles. The van der Waals surface area contributed by atoms with Crippen LogP contribution in [0.2, 0.25) is 0 Å². The van der Waals surface area contributed by atoms with Crippen LogP contribution in [0.5, 0.6) is 0 Å². The lowest BCUT2D eigenvalue weighted by Crippen LogP contribution is -2.36. The fourth-order valence-electron chi connectivity index (χ4n) is 1.85. The van der Waals surface area contributed by atoms with Crippen molar-refractivity contribution in [2.24, 2.45) is 0 Å². The van der Waals surface area contributed by atoms with Crippen molar-refractivity contribution in [2.75, 3.05) is 25.9 Å². The first-order valence-corrected chi connectivity index (χ1v) is 7.62. The smallest absolute Gasteiger partial charge is 0.321 e. The Hall–Kier alpha value is -1.60. The molecule has 0 heterocycles. The molecule has 0 radical (unpaired) electrons. The summed E-state index contributed by atoms with van der Waals surface area (Å²) in [6.07, 6.45) is 0. The molecule has 1 aromatic rings. The maximum absolute atomic E-state index is 12.6. The number of hydrogen-bond donors (Lipinski definition) is 1. The Kier molecular flexibility index (Phi) is 5.13. The predicted octanol–water partition coefficient (Wildman–Crippen LogP) is 1.07. The molecule has 0 atom stereocenters. The summed E-state index contributed by atoms with van der Waals surface area (Å²) < 4.78 is 30.9. The number of likely N-dealkylation sites (N-methyl/N-ethyl adjacent to an activating group) is 1. The molecule has 1 aromatic carbocycles. The predicted molar refractivity (Wildman–Crippen MR) is 76.8 cm³/mol. The number of hydrogen-bond acceptors (Lipinski definition) is 5. The number of nitrogen functional groups attached to an aromatic ring is 1. The van der Waals surface area contributed by atoms with Gasteiger partial charge in [0.15, 0.2) is 0 Å².